The standard InChI is InChI=1S/C21H19NO2/c1-14-18(13-16-9-5-3-6-10-16)20(23)15(2)19(21(14)24)22-17-11-7-4-8-12-17/h3-12,22H,13H2,1-2H3. The number of rotatable bonds is 4. The van der Waals surface area contributed by atoms with Gasteiger partial charge in [0.1, 0.15) is 0 Å². The van der Waals surface area contributed by atoms with E-state index < -0.39 is 0 Å². The molecule has 1 N–H and O–H groups in total. The molecule has 0 saturated carbocycles. The lowest BCUT2D eigenvalue weighted by Gasteiger charge is -2.21. The van der Waals surface area contributed by atoms with Crippen molar-refractivity contribution in [3.8, 4) is 0 Å². The quantitative estimate of drug-likeness (QED) is 0.864. The Balaban J connectivity index is 1.91. The van der Waals surface area contributed by atoms with Crippen molar-refractivity contribution in [3.63, 3.8) is 0 Å². The molecule has 120 valence electrons. The van der Waals surface area contributed by atoms with E-state index in [0.717, 1.165) is 11.3 Å². The van der Waals surface area contributed by atoms with Crippen molar-refractivity contribution in [2.75, 3.05) is 5.32 Å². The number of anilines is 1. The summed E-state index contributed by atoms with van der Waals surface area (Å²) in [5.41, 5.74) is 3.78. The fourth-order valence-electron chi connectivity index (χ4n) is 2.83. The lowest BCUT2D eigenvalue weighted by atomic mass is 9.85. The van der Waals surface area contributed by atoms with Crippen LogP contribution >= 0.6 is 0 Å². The van der Waals surface area contributed by atoms with Gasteiger partial charge in [-0.15, -0.1) is 0 Å². The van der Waals surface area contributed by atoms with Gasteiger partial charge in [0.15, 0.2) is 5.78 Å². The molecule has 0 unspecified atom stereocenters. The number of carbonyl (C=O) groups is 2. The molecule has 0 fully saturated rings. The fraction of sp³-hybridized carbons (Fsp3) is 0.143. The van der Waals surface area contributed by atoms with Crippen LogP contribution in [0.2, 0.25) is 0 Å². The Hall–Kier alpha value is -2.94. The highest BCUT2D eigenvalue weighted by Gasteiger charge is 2.30. The highest BCUT2D eigenvalue weighted by atomic mass is 16.1. The Morgan fingerprint density at radius 1 is 0.750 bits per heavy atom. The summed E-state index contributed by atoms with van der Waals surface area (Å²) in [6, 6.07) is 19.2. The summed E-state index contributed by atoms with van der Waals surface area (Å²) >= 11 is 0. The number of para-hydroxylation sites is 1. The van der Waals surface area contributed by atoms with Crippen molar-refractivity contribution in [2.24, 2.45) is 0 Å². The number of nitrogens with one attached hydrogen (secondary N) is 1. The summed E-state index contributed by atoms with van der Waals surface area (Å²) in [4.78, 5) is 25.5. The lowest BCUT2D eigenvalue weighted by Crippen LogP contribution is -2.26. The van der Waals surface area contributed by atoms with E-state index in [0.29, 0.717) is 28.8 Å². The first-order valence-corrected chi connectivity index (χ1v) is 7.94. The number of Topliss-reactive ketones (excluding diaryl/α,β-unsaturated/α-hetero) is 2. The van der Waals surface area contributed by atoms with Gasteiger partial charge in [-0.2, -0.15) is 0 Å². The smallest absolute Gasteiger partial charge is 0.205 e. The third-order valence-electron chi connectivity index (χ3n) is 4.28. The Labute approximate surface area is 141 Å². The van der Waals surface area contributed by atoms with E-state index in [1.807, 2.05) is 60.7 Å². The van der Waals surface area contributed by atoms with Crippen molar-refractivity contribution in [2.45, 2.75) is 20.3 Å². The largest absolute Gasteiger partial charge is 0.352 e. The molecule has 0 aromatic heterocycles. The highest BCUT2D eigenvalue weighted by molar-refractivity contribution is 6.25. The zero-order chi connectivity index (χ0) is 17.1. The second-order valence-corrected chi connectivity index (χ2v) is 5.92. The van der Waals surface area contributed by atoms with Crippen LogP contribution in [0.1, 0.15) is 19.4 Å². The predicted octanol–water partition coefficient (Wildman–Crippen LogP) is 4.08. The second kappa shape index (κ2) is 6.67. The van der Waals surface area contributed by atoms with E-state index in [4.69, 9.17) is 0 Å². The molecular formula is C21H19NO2. The molecule has 3 heteroatoms. The van der Waals surface area contributed by atoms with Crippen molar-refractivity contribution in [1.82, 2.24) is 0 Å². The van der Waals surface area contributed by atoms with Crippen LogP contribution in [0.4, 0.5) is 5.69 Å². The van der Waals surface area contributed by atoms with Gasteiger partial charge in [0.25, 0.3) is 0 Å². The lowest BCUT2D eigenvalue weighted by molar-refractivity contribution is -0.116. The first-order chi connectivity index (χ1) is 11.6. The average Bonchev–Trinajstić information content (AvgIpc) is 2.62. The Morgan fingerprint density at radius 3 is 1.96 bits per heavy atom. The van der Waals surface area contributed by atoms with Gasteiger partial charge in [-0.05, 0) is 31.5 Å². The molecule has 0 bridgehead atoms. The SMILES string of the molecule is CC1=C(Cc2ccccc2)C(=O)C(C)=C(Nc2ccccc2)C1=O. The zero-order valence-electron chi connectivity index (χ0n) is 13.8. The van der Waals surface area contributed by atoms with Crippen molar-refractivity contribution >= 4 is 17.3 Å². The zero-order valence-corrected chi connectivity index (χ0v) is 13.8. The summed E-state index contributed by atoms with van der Waals surface area (Å²) in [6.45, 7) is 3.44. The van der Waals surface area contributed by atoms with Gasteiger partial charge in [0, 0.05) is 28.8 Å². The third-order valence-corrected chi connectivity index (χ3v) is 4.28. The minimum absolute atomic E-state index is 0.0608. The molecule has 0 amide bonds. The molecule has 0 saturated heterocycles. The fourth-order valence-corrected chi connectivity index (χ4v) is 2.83. The number of hydrogen-bond donors (Lipinski definition) is 1. The molecule has 1 aliphatic rings. The first kappa shape index (κ1) is 15.9. The number of allylic oxidation sites excluding steroid dienone is 3. The van der Waals surface area contributed by atoms with Gasteiger partial charge in [-0.25, -0.2) is 0 Å². The van der Waals surface area contributed by atoms with Crippen LogP contribution in [0.25, 0.3) is 0 Å². The van der Waals surface area contributed by atoms with Crippen LogP contribution in [0.3, 0.4) is 0 Å². The van der Waals surface area contributed by atoms with E-state index in [1.54, 1.807) is 13.8 Å². The maximum absolute atomic E-state index is 12.8. The summed E-state index contributed by atoms with van der Waals surface area (Å²) in [6.07, 6.45) is 0.479. The van der Waals surface area contributed by atoms with Crippen LogP contribution in [-0.2, 0) is 16.0 Å². The van der Waals surface area contributed by atoms with Crippen molar-refractivity contribution < 1.29 is 9.59 Å². The van der Waals surface area contributed by atoms with Gasteiger partial charge in [0.05, 0.1) is 5.70 Å². The monoisotopic (exact) mass is 317 g/mol. The maximum atomic E-state index is 12.8. The molecule has 3 rings (SSSR count). The van der Waals surface area contributed by atoms with Gasteiger partial charge in [0.2, 0.25) is 5.78 Å². The van der Waals surface area contributed by atoms with Crippen molar-refractivity contribution in [1.29, 1.82) is 0 Å². The van der Waals surface area contributed by atoms with E-state index in [9.17, 15) is 9.59 Å². The molecular weight excluding hydrogens is 298 g/mol. The molecule has 0 spiro atoms. The molecule has 1 aliphatic carbocycles. The second-order valence-electron chi connectivity index (χ2n) is 5.92. The van der Waals surface area contributed by atoms with Crippen LogP contribution < -0.4 is 5.32 Å². The van der Waals surface area contributed by atoms with E-state index in [1.165, 1.54) is 0 Å². The minimum Gasteiger partial charge on any atom is -0.352 e. The molecule has 0 heterocycles. The Bertz CT molecular complexity index is 772. The van der Waals surface area contributed by atoms with Crippen LogP contribution in [0, 0.1) is 0 Å². The normalized spacial score (nSPS) is 15.1. The summed E-state index contributed by atoms with van der Waals surface area (Å²) in [7, 11) is 0. The molecule has 0 aliphatic heterocycles. The van der Waals surface area contributed by atoms with Crippen LogP contribution in [0.15, 0.2) is 83.1 Å². The van der Waals surface area contributed by atoms with Gasteiger partial charge in [-0.1, -0.05) is 48.5 Å². The van der Waals surface area contributed by atoms with E-state index in [2.05, 4.69) is 5.32 Å². The Kier molecular flexibility index (Phi) is 4.43. The van der Waals surface area contributed by atoms with Gasteiger partial charge >= 0.3 is 0 Å². The van der Waals surface area contributed by atoms with Gasteiger partial charge in [-0.3, -0.25) is 9.59 Å². The number of carbonyl (C=O) groups excluding carboxylic acids is 2. The summed E-state index contributed by atoms with van der Waals surface area (Å²) < 4.78 is 0. The van der Waals surface area contributed by atoms with E-state index >= 15 is 0 Å². The summed E-state index contributed by atoms with van der Waals surface area (Å²) in [5, 5.41) is 3.10. The van der Waals surface area contributed by atoms with Crippen molar-refractivity contribution in [3.05, 3.63) is 88.6 Å². The third kappa shape index (κ3) is 3.06. The molecule has 24 heavy (non-hydrogen) atoms. The van der Waals surface area contributed by atoms with Gasteiger partial charge < -0.3 is 5.32 Å². The number of hydrogen-bond acceptors (Lipinski definition) is 3. The summed E-state index contributed by atoms with van der Waals surface area (Å²) in [5.74, 6) is -0.170. The average molecular weight is 317 g/mol. The maximum Gasteiger partial charge on any atom is 0.205 e. The van der Waals surface area contributed by atoms with E-state index in [-0.39, 0.29) is 11.6 Å². The molecule has 2 aromatic rings. The molecule has 0 radical (unpaired) electrons. The topological polar surface area (TPSA) is 46.2 Å². The van der Waals surface area contributed by atoms with Crippen LogP contribution in [-0.4, -0.2) is 11.6 Å². The number of ketones is 2. The minimum atomic E-state index is -0.109. The molecule has 3 nitrogen and oxygen atoms in total. The molecule has 2 aromatic carbocycles. The predicted molar refractivity (Wildman–Crippen MR) is 95.6 cm³/mol. The van der Waals surface area contributed by atoms with Crippen LogP contribution in [0.5, 0.6) is 0 Å². The number of benzene rings is 2. The first-order valence-electron chi connectivity index (χ1n) is 7.94. The molecule has 0 atom stereocenters. The Morgan fingerprint density at radius 2 is 1.33 bits per heavy atom. The highest BCUT2D eigenvalue weighted by Crippen LogP contribution is 2.27.